The molecule has 15 heavy (non-hydrogen) atoms. The van der Waals surface area contributed by atoms with E-state index in [-0.39, 0.29) is 12.5 Å². The van der Waals surface area contributed by atoms with Crippen LogP contribution in [0.1, 0.15) is 18.2 Å². The largest absolute Gasteiger partial charge is 0.392 e. The molecule has 4 heteroatoms. The van der Waals surface area contributed by atoms with Crippen molar-refractivity contribution in [2.45, 2.75) is 13.5 Å². The van der Waals surface area contributed by atoms with Crippen molar-refractivity contribution in [3.05, 3.63) is 35.7 Å². The van der Waals surface area contributed by atoms with Crippen molar-refractivity contribution in [2.24, 2.45) is 0 Å². The minimum absolute atomic E-state index is 0.00286. The second kappa shape index (κ2) is 5.93. The van der Waals surface area contributed by atoms with E-state index < -0.39 is 0 Å². The molecular weight excluding hydrogens is 192 g/mol. The van der Waals surface area contributed by atoms with E-state index in [1.165, 1.54) is 6.92 Å². The summed E-state index contributed by atoms with van der Waals surface area (Å²) in [6, 6.07) is 3.63. The number of amides is 1. The number of aliphatic hydroxyl groups is 1. The predicted molar refractivity (Wildman–Crippen MR) is 57.9 cm³/mol. The molecule has 0 aliphatic heterocycles. The fraction of sp³-hybridized carbons (Fsp3) is 0.273. The third kappa shape index (κ3) is 4.37. The molecule has 0 saturated carbocycles. The molecule has 0 radical (unpaired) electrons. The van der Waals surface area contributed by atoms with E-state index in [0.717, 1.165) is 11.3 Å². The monoisotopic (exact) mass is 206 g/mol. The summed E-state index contributed by atoms with van der Waals surface area (Å²) in [4.78, 5) is 14.7. The highest BCUT2D eigenvalue weighted by atomic mass is 16.3. The van der Waals surface area contributed by atoms with Crippen molar-refractivity contribution >= 4 is 12.0 Å². The number of nitrogens with one attached hydrogen (secondary N) is 1. The predicted octanol–water partition coefficient (Wildman–Crippen LogP) is 0.723. The molecule has 1 amide bonds. The van der Waals surface area contributed by atoms with Gasteiger partial charge in [-0.15, -0.1) is 0 Å². The standard InChI is InChI=1S/C11H14N2O2/c1-9(15)12-6-2-3-11-5-4-10(8-14)7-13-11/h2-5,7,14H,6,8H2,1H3,(H,12,15). The zero-order chi connectivity index (χ0) is 11.1. The van der Waals surface area contributed by atoms with Crippen LogP contribution >= 0.6 is 0 Å². The summed E-state index contributed by atoms with van der Waals surface area (Å²) in [5, 5.41) is 11.4. The first-order valence-corrected chi connectivity index (χ1v) is 4.69. The minimum atomic E-state index is -0.0526. The van der Waals surface area contributed by atoms with E-state index in [2.05, 4.69) is 10.3 Å². The molecule has 1 aromatic rings. The Bertz CT molecular complexity index is 344. The van der Waals surface area contributed by atoms with Crippen LogP contribution in [-0.2, 0) is 11.4 Å². The van der Waals surface area contributed by atoms with Gasteiger partial charge in [-0.05, 0) is 17.7 Å². The summed E-state index contributed by atoms with van der Waals surface area (Å²) in [5.41, 5.74) is 1.59. The van der Waals surface area contributed by atoms with Crippen LogP contribution in [0, 0.1) is 0 Å². The van der Waals surface area contributed by atoms with Gasteiger partial charge in [-0.3, -0.25) is 9.78 Å². The van der Waals surface area contributed by atoms with Gasteiger partial charge in [0.05, 0.1) is 12.3 Å². The Morgan fingerprint density at radius 3 is 2.93 bits per heavy atom. The molecule has 0 aliphatic rings. The number of carbonyl (C=O) groups excluding carboxylic acids is 1. The van der Waals surface area contributed by atoms with Gasteiger partial charge in [0, 0.05) is 19.7 Å². The van der Waals surface area contributed by atoms with Gasteiger partial charge in [-0.1, -0.05) is 12.1 Å². The van der Waals surface area contributed by atoms with Gasteiger partial charge in [0.1, 0.15) is 0 Å². The van der Waals surface area contributed by atoms with Gasteiger partial charge in [-0.2, -0.15) is 0 Å². The van der Waals surface area contributed by atoms with Crippen molar-refractivity contribution in [3.63, 3.8) is 0 Å². The maximum atomic E-state index is 10.6. The molecule has 2 N–H and O–H groups in total. The van der Waals surface area contributed by atoms with E-state index >= 15 is 0 Å². The quantitative estimate of drug-likeness (QED) is 0.763. The van der Waals surface area contributed by atoms with Gasteiger partial charge in [0.25, 0.3) is 0 Å². The summed E-state index contributed by atoms with van der Waals surface area (Å²) < 4.78 is 0. The third-order valence-electron chi connectivity index (χ3n) is 1.79. The molecule has 80 valence electrons. The molecule has 0 atom stereocenters. The highest BCUT2D eigenvalue weighted by Gasteiger charge is 1.91. The first-order valence-electron chi connectivity index (χ1n) is 4.69. The van der Waals surface area contributed by atoms with E-state index in [1.807, 2.05) is 24.3 Å². The highest BCUT2D eigenvalue weighted by molar-refractivity contribution is 5.73. The van der Waals surface area contributed by atoms with Crippen LogP contribution in [0.25, 0.3) is 6.08 Å². The molecule has 0 spiro atoms. The molecule has 0 aromatic carbocycles. The molecule has 4 nitrogen and oxygen atoms in total. The number of hydrogen-bond donors (Lipinski definition) is 2. The first-order chi connectivity index (χ1) is 7.22. The molecule has 0 unspecified atom stereocenters. The number of pyridine rings is 1. The molecule has 1 aromatic heterocycles. The van der Waals surface area contributed by atoms with Crippen molar-refractivity contribution in [1.82, 2.24) is 10.3 Å². The second-order valence-electron chi connectivity index (χ2n) is 3.09. The summed E-state index contributed by atoms with van der Waals surface area (Å²) in [6.45, 7) is 1.98. The normalized spacial score (nSPS) is 10.5. The van der Waals surface area contributed by atoms with E-state index in [1.54, 1.807) is 6.20 Å². The van der Waals surface area contributed by atoms with Crippen LogP contribution < -0.4 is 5.32 Å². The highest BCUT2D eigenvalue weighted by Crippen LogP contribution is 2.01. The molecule has 1 heterocycles. The lowest BCUT2D eigenvalue weighted by molar-refractivity contribution is -0.118. The van der Waals surface area contributed by atoms with Crippen molar-refractivity contribution < 1.29 is 9.90 Å². The lowest BCUT2D eigenvalue weighted by atomic mass is 10.2. The maximum Gasteiger partial charge on any atom is 0.217 e. The van der Waals surface area contributed by atoms with Crippen LogP contribution in [0.3, 0.4) is 0 Å². The maximum absolute atomic E-state index is 10.6. The molecule has 1 rings (SSSR count). The van der Waals surface area contributed by atoms with E-state index in [9.17, 15) is 4.79 Å². The van der Waals surface area contributed by atoms with Crippen LogP contribution in [0.2, 0.25) is 0 Å². The SMILES string of the molecule is CC(=O)NCC=Cc1ccc(CO)cn1. The number of rotatable bonds is 4. The lowest BCUT2D eigenvalue weighted by Gasteiger charge is -1.97. The first kappa shape index (κ1) is 11.4. The van der Waals surface area contributed by atoms with Gasteiger partial charge >= 0.3 is 0 Å². The zero-order valence-electron chi connectivity index (χ0n) is 8.60. The summed E-state index contributed by atoms with van der Waals surface area (Å²) >= 11 is 0. The van der Waals surface area contributed by atoms with Gasteiger partial charge in [-0.25, -0.2) is 0 Å². The number of carbonyl (C=O) groups is 1. The van der Waals surface area contributed by atoms with Gasteiger partial charge in [0.2, 0.25) is 5.91 Å². The van der Waals surface area contributed by atoms with Crippen LogP contribution in [0.15, 0.2) is 24.4 Å². The molecule has 0 saturated heterocycles. The Morgan fingerprint density at radius 2 is 2.40 bits per heavy atom. The Labute approximate surface area is 88.7 Å². The molecule has 0 bridgehead atoms. The number of aromatic nitrogens is 1. The lowest BCUT2D eigenvalue weighted by Crippen LogP contribution is -2.19. The van der Waals surface area contributed by atoms with Gasteiger partial charge < -0.3 is 10.4 Å². The van der Waals surface area contributed by atoms with Crippen LogP contribution in [0.5, 0.6) is 0 Å². The fourth-order valence-corrected chi connectivity index (χ4v) is 1.01. The Balaban J connectivity index is 2.46. The van der Waals surface area contributed by atoms with Crippen molar-refractivity contribution in [1.29, 1.82) is 0 Å². The van der Waals surface area contributed by atoms with Crippen molar-refractivity contribution in [2.75, 3.05) is 6.54 Å². The number of aliphatic hydroxyl groups excluding tert-OH is 1. The number of nitrogens with zero attached hydrogens (tertiary/aromatic N) is 1. The smallest absolute Gasteiger partial charge is 0.217 e. The van der Waals surface area contributed by atoms with Crippen molar-refractivity contribution in [3.8, 4) is 0 Å². The molecule has 0 fully saturated rings. The topological polar surface area (TPSA) is 62.2 Å². The molecule has 0 aliphatic carbocycles. The van der Waals surface area contributed by atoms with E-state index in [0.29, 0.717) is 6.54 Å². The second-order valence-corrected chi connectivity index (χ2v) is 3.09. The summed E-state index contributed by atoms with van der Waals surface area (Å²) in [7, 11) is 0. The minimum Gasteiger partial charge on any atom is -0.392 e. The zero-order valence-corrected chi connectivity index (χ0v) is 8.60. The Morgan fingerprint density at radius 1 is 1.60 bits per heavy atom. The third-order valence-corrected chi connectivity index (χ3v) is 1.79. The Hall–Kier alpha value is -1.68. The van der Waals surface area contributed by atoms with Gasteiger partial charge in [0.15, 0.2) is 0 Å². The fourth-order valence-electron chi connectivity index (χ4n) is 1.01. The summed E-state index contributed by atoms with van der Waals surface area (Å²) in [6.07, 6.45) is 5.26. The number of hydrogen-bond acceptors (Lipinski definition) is 3. The average Bonchev–Trinajstić information content (AvgIpc) is 2.25. The Kier molecular flexibility index (Phi) is 4.50. The molecular formula is C11H14N2O2. The van der Waals surface area contributed by atoms with Crippen LogP contribution in [-0.4, -0.2) is 22.5 Å². The summed E-state index contributed by atoms with van der Waals surface area (Å²) in [5.74, 6) is -0.0526. The van der Waals surface area contributed by atoms with E-state index in [4.69, 9.17) is 5.11 Å². The average molecular weight is 206 g/mol. The van der Waals surface area contributed by atoms with Crippen LogP contribution in [0.4, 0.5) is 0 Å².